The van der Waals surface area contributed by atoms with E-state index in [-0.39, 0.29) is 28.1 Å². The third kappa shape index (κ3) is 2.95. The van der Waals surface area contributed by atoms with Crippen molar-refractivity contribution in [1.82, 2.24) is 4.31 Å². The third-order valence-electron chi connectivity index (χ3n) is 4.77. The highest BCUT2D eigenvalue weighted by molar-refractivity contribution is 7.89. The summed E-state index contributed by atoms with van der Waals surface area (Å²) >= 11 is 0. The molecule has 0 fully saturated rings. The second kappa shape index (κ2) is 6.94. The van der Waals surface area contributed by atoms with Gasteiger partial charge in [-0.2, -0.15) is 4.31 Å². The van der Waals surface area contributed by atoms with Gasteiger partial charge in [0.15, 0.2) is 11.8 Å². The number of para-hydroxylation sites is 1. The summed E-state index contributed by atoms with van der Waals surface area (Å²) in [5.41, 5.74) is -0.373. The molecule has 1 N–H and O–H groups in total. The average molecular weight is 412 g/mol. The second-order valence-electron chi connectivity index (χ2n) is 6.44. The molecule has 0 bridgehead atoms. The molecular weight excluding hydrogens is 396 g/mol. The SMILES string of the molecule is CCN1C(C(=O)Nc2coc3ccccc3c2=O)C(=O)c2ccccc2S1(=O)=O. The molecule has 1 unspecified atom stereocenters. The van der Waals surface area contributed by atoms with Gasteiger partial charge in [0.1, 0.15) is 17.5 Å². The minimum absolute atomic E-state index is 0.0529. The van der Waals surface area contributed by atoms with E-state index in [1.165, 1.54) is 31.2 Å². The van der Waals surface area contributed by atoms with E-state index in [0.717, 1.165) is 10.6 Å². The maximum Gasteiger partial charge on any atom is 0.251 e. The Morgan fingerprint density at radius 2 is 1.79 bits per heavy atom. The number of rotatable bonds is 3. The first-order valence-corrected chi connectivity index (χ1v) is 10.3. The summed E-state index contributed by atoms with van der Waals surface area (Å²) in [6.07, 6.45) is 1.08. The lowest BCUT2D eigenvalue weighted by Crippen LogP contribution is -2.55. The van der Waals surface area contributed by atoms with E-state index >= 15 is 0 Å². The minimum Gasteiger partial charge on any atom is -0.462 e. The third-order valence-corrected chi connectivity index (χ3v) is 6.77. The molecule has 0 saturated heterocycles. The molecule has 0 radical (unpaired) electrons. The highest BCUT2D eigenvalue weighted by Gasteiger charge is 2.46. The largest absolute Gasteiger partial charge is 0.462 e. The summed E-state index contributed by atoms with van der Waals surface area (Å²) < 4.78 is 32.0. The van der Waals surface area contributed by atoms with E-state index < -0.39 is 33.2 Å². The van der Waals surface area contributed by atoms with E-state index in [1.54, 1.807) is 24.3 Å². The van der Waals surface area contributed by atoms with Crippen molar-refractivity contribution in [3.63, 3.8) is 0 Å². The first-order valence-electron chi connectivity index (χ1n) is 8.82. The number of fused-ring (bicyclic) bond motifs is 2. The predicted molar refractivity (Wildman–Crippen MR) is 105 cm³/mol. The Kier molecular flexibility index (Phi) is 4.56. The fraction of sp³-hybridized carbons (Fsp3) is 0.150. The van der Waals surface area contributed by atoms with Gasteiger partial charge in [-0.25, -0.2) is 8.42 Å². The molecule has 2 aromatic carbocycles. The normalized spacial score (nSPS) is 18.4. The summed E-state index contributed by atoms with van der Waals surface area (Å²) in [5.74, 6) is -1.57. The van der Waals surface area contributed by atoms with Gasteiger partial charge >= 0.3 is 0 Å². The molecular formula is C20H16N2O6S. The van der Waals surface area contributed by atoms with Crippen molar-refractivity contribution in [2.24, 2.45) is 0 Å². The number of Topliss-reactive ketones (excluding diaryl/α,β-unsaturated/α-hetero) is 1. The highest BCUT2D eigenvalue weighted by atomic mass is 32.2. The monoisotopic (exact) mass is 412 g/mol. The fourth-order valence-corrected chi connectivity index (χ4v) is 5.16. The van der Waals surface area contributed by atoms with E-state index in [0.29, 0.717) is 5.58 Å². The molecule has 1 atom stereocenters. The summed E-state index contributed by atoms with van der Waals surface area (Å²) in [6.45, 7) is 1.44. The number of carbonyl (C=O) groups is 2. The molecule has 1 amide bonds. The quantitative estimate of drug-likeness (QED) is 0.659. The van der Waals surface area contributed by atoms with Gasteiger partial charge in [0.25, 0.3) is 5.91 Å². The van der Waals surface area contributed by atoms with Crippen LogP contribution in [-0.2, 0) is 14.8 Å². The molecule has 148 valence electrons. The Labute approximate surface area is 165 Å². The lowest BCUT2D eigenvalue weighted by molar-refractivity contribution is -0.118. The summed E-state index contributed by atoms with van der Waals surface area (Å²) in [7, 11) is -4.05. The first-order chi connectivity index (χ1) is 13.9. The zero-order chi connectivity index (χ0) is 20.8. The smallest absolute Gasteiger partial charge is 0.251 e. The summed E-state index contributed by atoms with van der Waals surface area (Å²) in [6, 6.07) is 10.6. The number of sulfonamides is 1. The van der Waals surface area contributed by atoms with Crippen LogP contribution in [0.15, 0.2) is 68.9 Å². The van der Waals surface area contributed by atoms with Crippen LogP contribution in [0.1, 0.15) is 17.3 Å². The Morgan fingerprint density at radius 3 is 2.55 bits per heavy atom. The average Bonchev–Trinajstić information content (AvgIpc) is 2.72. The number of anilines is 1. The Hall–Kier alpha value is -3.30. The Morgan fingerprint density at radius 1 is 1.10 bits per heavy atom. The van der Waals surface area contributed by atoms with Crippen LogP contribution in [0, 0.1) is 0 Å². The van der Waals surface area contributed by atoms with Crippen molar-refractivity contribution in [2.45, 2.75) is 17.9 Å². The number of hydrogen-bond donors (Lipinski definition) is 1. The van der Waals surface area contributed by atoms with E-state index in [9.17, 15) is 22.8 Å². The second-order valence-corrected chi connectivity index (χ2v) is 8.29. The topological polar surface area (TPSA) is 114 Å². The van der Waals surface area contributed by atoms with Crippen LogP contribution in [0.2, 0.25) is 0 Å². The minimum atomic E-state index is -4.05. The van der Waals surface area contributed by atoms with E-state index in [4.69, 9.17) is 4.42 Å². The molecule has 0 aliphatic carbocycles. The van der Waals surface area contributed by atoms with Gasteiger partial charge in [0.05, 0.1) is 10.3 Å². The maximum absolute atomic E-state index is 12.9. The van der Waals surface area contributed by atoms with Crippen molar-refractivity contribution < 1.29 is 22.4 Å². The van der Waals surface area contributed by atoms with Gasteiger partial charge in [-0.15, -0.1) is 0 Å². The number of ketones is 1. The molecule has 1 aliphatic rings. The van der Waals surface area contributed by atoms with Gasteiger partial charge in [0.2, 0.25) is 15.5 Å². The molecule has 2 heterocycles. The molecule has 0 spiro atoms. The molecule has 0 saturated carbocycles. The molecule has 9 heteroatoms. The number of nitrogens with one attached hydrogen (secondary N) is 1. The Balaban J connectivity index is 1.76. The van der Waals surface area contributed by atoms with Crippen LogP contribution < -0.4 is 10.7 Å². The van der Waals surface area contributed by atoms with Gasteiger partial charge < -0.3 is 9.73 Å². The zero-order valence-electron chi connectivity index (χ0n) is 15.3. The zero-order valence-corrected chi connectivity index (χ0v) is 16.1. The van der Waals surface area contributed by atoms with Crippen molar-refractivity contribution in [2.75, 3.05) is 11.9 Å². The van der Waals surface area contributed by atoms with Crippen LogP contribution in [0.4, 0.5) is 5.69 Å². The molecule has 4 rings (SSSR count). The van der Waals surface area contributed by atoms with Crippen molar-refractivity contribution >= 4 is 38.4 Å². The fourth-order valence-electron chi connectivity index (χ4n) is 3.41. The number of benzene rings is 2. The van der Waals surface area contributed by atoms with Crippen molar-refractivity contribution in [3.05, 3.63) is 70.6 Å². The van der Waals surface area contributed by atoms with Crippen LogP contribution in [0.25, 0.3) is 11.0 Å². The van der Waals surface area contributed by atoms with Crippen molar-refractivity contribution in [3.8, 4) is 0 Å². The molecule has 29 heavy (non-hydrogen) atoms. The van der Waals surface area contributed by atoms with Gasteiger partial charge in [0, 0.05) is 12.1 Å². The van der Waals surface area contributed by atoms with Gasteiger partial charge in [-0.05, 0) is 24.3 Å². The molecule has 3 aromatic rings. The summed E-state index contributed by atoms with van der Waals surface area (Å²) in [5, 5.41) is 2.62. The molecule has 1 aliphatic heterocycles. The van der Waals surface area contributed by atoms with E-state index in [1.807, 2.05) is 0 Å². The van der Waals surface area contributed by atoms with Gasteiger partial charge in [-0.3, -0.25) is 14.4 Å². The molecule has 8 nitrogen and oxygen atoms in total. The standard InChI is InChI=1S/C20H16N2O6S/c1-2-22-17(19(24)13-8-4-6-10-16(13)29(22,26)27)20(25)21-14-11-28-15-9-5-3-7-12(15)18(14)23/h3-11,17H,2H2,1H3,(H,21,25). The highest BCUT2D eigenvalue weighted by Crippen LogP contribution is 2.30. The Bertz CT molecular complexity index is 1310. The number of amides is 1. The predicted octanol–water partition coefficient (Wildman–Crippen LogP) is 2.01. The number of likely N-dealkylation sites (N-methyl/N-ethyl adjacent to an activating group) is 1. The van der Waals surface area contributed by atoms with Crippen LogP contribution >= 0.6 is 0 Å². The molecule has 1 aromatic heterocycles. The van der Waals surface area contributed by atoms with Gasteiger partial charge in [-0.1, -0.05) is 31.2 Å². The maximum atomic E-state index is 12.9. The van der Waals surface area contributed by atoms with E-state index in [2.05, 4.69) is 5.32 Å². The first kappa shape index (κ1) is 19.0. The lowest BCUT2D eigenvalue weighted by Gasteiger charge is -2.32. The number of nitrogens with zero attached hydrogens (tertiary/aromatic N) is 1. The van der Waals surface area contributed by atoms with Crippen LogP contribution in [0.3, 0.4) is 0 Å². The van der Waals surface area contributed by atoms with Crippen LogP contribution in [0.5, 0.6) is 0 Å². The lowest BCUT2D eigenvalue weighted by atomic mass is 10.0. The number of hydrogen-bond acceptors (Lipinski definition) is 6. The number of carbonyl (C=O) groups excluding carboxylic acids is 2. The van der Waals surface area contributed by atoms with Crippen LogP contribution in [-0.4, -0.2) is 37.0 Å². The summed E-state index contributed by atoms with van der Waals surface area (Å²) in [4.78, 5) is 38.3. The van der Waals surface area contributed by atoms with Crippen molar-refractivity contribution in [1.29, 1.82) is 0 Å².